The first-order chi connectivity index (χ1) is 10.0. The van der Waals surface area contributed by atoms with Crippen LogP contribution >= 0.6 is 0 Å². The molecule has 0 spiro atoms. The molecule has 0 radical (unpaired) electrons. The van der Waals surface area contributed by atoms with Crippen LogP contribution in [-0.4, -0.2) is 13.3 Å². The van der Waals surface area contributed by atoms with Gasteiger partial charge in [0.1, 0.15) is 5.75 Å². The molecule has 0 aliphatic carbocycles. The van der Waals surface area contributed by atoms with E-state index in [9.17, 15) is 13.2 Å². The highest BCUT2D eigenvalue weighted by molar-refractivity contribution is 5.80. The lowest BCUT2D eigenvalue weighted by Gasteiger charge is -2.11. The summed E-state index contributed by atoms with van der Waals surface area (Å²) in [6, 6.07) is 12.2. The van der Waals surface area contributed by atoms with Crippen LogP contribution in [0.2, 0.25) is 0 Å². The molecule has 0 amide bonds. The van der Waals surface area contributed by atoms with Gasteiger partial charge in [-0.3, -0.25) is 5.43 Å². The van der Waals surface area contributed by atoms with Gasteiger partial charge in [0.15, 0.2) is 0 Å². The van der Waals surface area contributed by atoms with Crippen molar-refractivity contribution in [3.8, 4) is 5.75 Å². The molecule has 0 fully saturated rings. The first-order valence-corrected chi connectivity index (χ1v) is 6.10. The minimum absolute atomic E-state index is 0.0882. The highest BCUT2D eigenvalue weighted by Crippen LogP contribution is 2.34. The summed E-state index contributed by atoms with van der Waals surface area (Å²) in [6.45, 7) is 0. The zero-order valence-corrected chi connectivity index (χ0v) is 11.2. The normalized spacial score (nSPS) is 11.6. The van der Waals surface area contributed by atoms with Gasteiger partial charge in [-0.25, -0.2) is 0 Å². The fraction of sp³-hybridized carbons (Fsp3) is 0.133. The molecule has 0 saturated heterocycles. The molecule has 3 nitrogen and oxygen atoms in total. The van der Waals surface area contributed by atoms with Crippen molar-refractivity contribution in [3.63, 3.8) is 0 Å². The molecule has 6 heteroatoms. The average molecular weight is 294 g/mol. The Bertz CT molecular complexity index is 622. The highest BCUT2D eigenvalue weighted by Gasteiger charge is 2.33. The maximum absolute atomic E-state index is 12.8. The smallest absolute Gasteiger partial charge is 0.418 e. The number of halogens is 3. The Morgan fingerprint density at radius 2 is 1.71 bits per heavy atom. The molecule has 0 aliphatic rings. The molecule has 110 valence electrons. The van der Waals surface area contributed by atoms with E-state index in [1.54, 1.807) is 31.4 Å². The minimum atomic E-state index is -4.42. The van der Waals surface area contributed by atoms with Crippen LogP contribution in [0.1, 0.15) is 11.1 Å². The summed E-state index contributed by atoms with van der Waals surface area (Å²) in [5, 5.41) is 3.83. The first kappa shape index (κ1) is 14.9. The third kappa shape index (κ3) is 3.98. The summed E-state index contributed by atoms with van der Waals surface area (Å²) in [5.74, 6) is 0.697. The van der Waals surface area contributed by atoms with Gasteiger partial charge in [-0.2, -0.15) is 18.3 Å². The standard InChI is InChI=1S/C15H13F3N2O/c1-21-12-8-6-11(7-9-12)10-19-20-14-5-3-2-4-13(14)15(16,17)18/h2-10,20H,1H3. The van der Waals surface area contributed by atoms with Gasteiger partial charge in [0.25, 0.3) is 0 Å². The van der Waals surface area contributed by atoms with Gasteiger partial charge in [0, 0.05) is 0 Å². The van der Waals surface area contributed by atoms with Crippen molar-refractivity contribution in [2.75, 3.05) is 12.5 Å². The maximum Gasteiger partial charge on any atom is 0.418 e. The summed E-state index contributed by atoms with van der Waals surface area (Å²) in [4.78, 5) is 0. The van der Waals surface area contributed by atoms with Crippen molar-refractivity contribution in [1.82, 2.24) is 0 Å². The molecule has 0 unspecified atom stereocenters. The summed E-state index contributed by atoms with van der Waals surface area (Å²) in [5.41, 5.74) is 2.32. The second-order valence-corrected chi connectivity index (χ2v) is 4.19. The third-order valence-electron chi connectivity index (χ3n) is 2.75. The number of ether oxygens (including phenoxy) is 1. The Morgan fingerprint density at radius 3 is 2.33 bits per heavy atom. The van der Waals surface area contributed by atoms with Gasteiger partial charge < -0.3 is 4.74 Å². The van der Waals surface area contributed by atoms with Crippen LogP contribution in [0, 0.1) is 0 Å². The van der Waals surface area contributed by atoms with E-state index < -0.39 is 11.7 Å². The largest absolute Gasteiger partial charge is 0.497 e. The fourth-order valence-electron chi connectivity index (χ4n) is 1.69. The molecule has 2 aromatic rings. The van der Waals surface area contributed by atoms with Crippen LogP contribution in [0.3, 0.4) is 0 Å². The fourth-order valence-corrected chi connectivity index (χ4v) is 1.69. The molecule has 1 N–H and O–H groups in total. The van der Waals surface area contributed by atoms with Crippen LogP contribution in [-0.2, 0) is 6.18 Å². The number of hydrazone groups is 1. The Labute approximate surface area is 120 Å². The van der Waals surface area contributed by atoms with Crippen molar-refractivity contribution in [1.29, 1.82) is 0 Å². The van der Waals surface area contributed by atoms with E-state index in [1.807, 2.05) is 0 Å². The minimum Gasteiger partial charge on any atom is -0.497 e. The summed E-state index contributed by atoms with van der Waals surface area (Å²) in [7, 11) is 1.55. The highest BCUT2D eigenvalue weighted by atomic mass is 19.4. The zero-order chi connectivity index (χ0) is 15.3. The van der Waals surface area contributed by atoms with Gasteiger partial charge >= 0.3 is 6.18 Å². The van der Waals surface area contributed by atoms with Crippen molar-refractivity contribution in [3.05, 3.63) is 59.7 Å². The Hall–Kier alpha value is -2.50. The molecule has 0 atom stereocenters. The van der Waals surface area contributed by atoms with E-state index >= 15 is 0 Å². The van der Waals surface area contributed by atoms with Crippen LogP contribution in [0.25, 0.3) is 0 Å². The van der Waals surface area contributed by atoms with Gasteiger partial charge in [0.05, 0.1) is 24.6 Å². The molecule has 0 aromatic heterocycles. The number of methoxy groups -OCH3 is 1. The lowest BCUT2D eigenvalue weighted by Crippen LogP contribution is -2.08. The summed E-state index contributed by atoms with van der Waals surface area (Å²) < 4.78 is 43.3. The SMILES string of the molecule is COc1ccc(C=NNc2ccccc2C(F)(F)F)cc1. The molecule has 0 saturated carbocycles. The van der Waals surface area contributed by atoms with Crippen molar-refractivity contribution in [2.45, 2.75) is 6.18 Å². The van der Waals surface area contributed by atoms with Crippen LogP contribution in [0.5, 0.6) is 5.75 Å². The van der Waals surface area contributed by atoms with Crippen LogP contribution in [0.15, 0.2) is 53.6 Å². The van der Waals surface area contributed by atoms with E-state index in [0.717, 1.165) is 11.6 Å². The number of nitrogens with one attached hydrogen (secondary N) is 1. The number of nitrogens with zero attached hydrogens (tertiary/aromatic N) is 1. The van der Waals surface area contributed by atoms with Crippen LogP contribution in [0.4, 0.5) is 18.9 Å². The molecule has 0 aliphatic heterocycles. The lowest BCUT2D eigenvalue weighted by molar-refractivity contribution is -0.136. The van der Waals surface area contributed by atoms with Crippen molar-refractivity contribution < 1.29 is 17.9 Å². The molecule has 0 bridgehead atoms. The number of hydrogen-bond donors (Lipinski definition) is 1. The Morgan fingerprint density at radius 1 is 1.05 bits per heavy atom. The molecule has 2 aromatic carbocycles. The number of anilines is 1. The monoisotopic (exact) mass is 294 g/mol. The van der Waals surface area contributed by atoms with E-state index in [1.165, 1.54) is 24.4 Å². The van der Waals surface area contributed by atoms with E-state index in [2.05, 4.69) is 10.5 Å². The lowest BCUT2D eigenvalue weighted by atomic mass is 10.2. The Kier molecular flexibility index (Phi) is 4.47. The second-order valence-electron chi connectivity index (χ2n) is 4.19. The molecule has 0 heterocycles. The topological polar surface area (TPSA) is 33.6 Å². The van der Waals surface area contributed by atoms with E-state index in [4.69, 9.17) is 4.74 Å². The Balaban J connectivity index is 2.10. The van der Waals surface area contributed by atoms with Gasteiger partial charge in [-0.1, -0.05) is 12.1 Å². The van der Waals surface area contributed by atoms with Gasteiger partial charge in [-0.15, -0.1) is 0 Å². The third-order valence-corrected chi connectivity index (χ3v) is 2.75. The van der Waals surface area contributed by atoms with Crippen molar-refractivity contribution >= 4 is 11.9 Å². The second kappa shape index (κ2) is 6.30. The molecular weight excluding hydrogens is 281 g/mol. The van der Waals surface area contributed by atoms with Gasteiger partial charge in [-0.05, 0) is 42.0 Å². The predicted octanol–water partition coefficient (Wildman–Crippen LogP) is 4.16. The average Bonchev–Trinajstić information content (AvgIpc) is 2.47. The number of benzene rings is 2. The first-order valence-electron chi connectivity index (χ1n) is 6.10. The zero-order valence-electron chi connectivity index (χ0n) is 11.2. The number of alkyl halides is 3. The molecular formula is C15H13F3N2O. The summed E-state index contributed by atoms with van der Waals surface area (Å²) >= 11 is 0. The maximum atomic E-state index is 12.8. The molecule has 2 rings (SSSR count). The van der Waals surface area contributed by atoms with E-state index in [0.29, 0.717) is 5.75 Å². The van der Waals surface area contributed by atoms with E-state index in [-0.39, 0.29) is 5.69 Å². The van der Waals surface area contributed by atoms with Crippen LogP contribution < -0.4 is 10.2 Å². The predicted molar refractivity (Wildman–Crippen MR) is 75.7 cm³/mol. The van der Waals surface area contributed by atoms with Gasteiger partial charge in [0.2, 0.25) is 0 Å². The molecule has 21 heavy (non-hydrogen) atoms. The number of para-hydroxylation sites is 1. The number of hydrogen-bond acceptors (Lipinski definition) is 3. The number of rotatable bonds is 4. The quantitative estimate of drug-likeness (QED) is 0.678. The summed E-state index contributed by atoms with van der Waals surface area (Å²) in [6.07, 6.45) is -2.98. The van der Waals surface area contributed by atoms with Crippen molar-refractivity contribution in [2.24, 2.45) is 5.10 Å².